The predicted molar refractivity (Wildman–Crippen MR) is 110 cm³/mol. The summed E-state index contributed by atoms with van der Waals surface area (Å²) < 4.78 is 6.20. The molecule has 0 bridgehead atoms. The molecule has 0 unspecified atom stereocenters. The van der Waals surface area contributed by atoms with E-state index in [-0.39, 0.29) is 5.91 Å². The molecule has 0 radical (unpaired) electrons. The number of carbonyl (C=O) groups is 1. The predicted octanol–water partition coefficient (Wildman–Crippen LogP) is 5.11. The van der Waals surface area contributed by atoms with E-state index in [4.69, 9.17) is 40.2 Å². The third-order valence-electron chi connectivity index (χ3n) is 3.78. The normalized spacial score (nSPS) is 18.0. The molecule has 0 atom stereocenters. The highest BCUT2D eigenvalue weighted by atomic mass is 35.5. The van der Waals surface area contributed by atoms with Gasteiger partial charge in [-0.25, -0.2) is 0 Å². The van der Waals surface area contributed by atoms with Crippen LogP contribution in [-0.4, -0.2) is 21.8 Å². The number of fused-ring (bicyclic) bond motifs is 1. The van der Waals surface area contributed by atoms with Crippen molar-refractivity contribution >= 4 is 69.2 Å². The standard InChI is InChI=1S/C18H10Cl2N2O2S2/c19-12-6-11-4-10(9-24-16(11)14(20)7-12)5-15-17(23)22(18(25)26-15)13-2-1-3-21-8-13/h1-8H,9H2/b15-5+. The summed E-state index contributed by atoms with van der Waals surface area (Å²) in [6, 6.07) is 6.97. The van der Waals surface area contributed by atoms with Gasteiger partial charge in [-0.2, -0.15) is 0 Å². The first-order chi connectivity index (χ1) is 12.5. The van der Waals surface area contributed by atoms with E-state index in [2.05, 4.69) is 4.98 Å². The van der Waals surface area contributed by atoms with E-state index in [1.807, 2.05) is 6.08 Å². The molecule has 0 spiro atoms. The van der Waals surface area contributed by atoms with Crippen LogP contribution in [0.3, 0.4) is 0 Å². The Bertz CT molecular complexity index is 990. The van der Waals surface area contributed by atoms with Gasteiger partial charge in [-0.05, 0) is 42.0 Å². The van der Waals surface area contributed by atoms with Crippen LogP contribution in [0.5, 0.6) is 5.75 Å². The molecule has 1 aromatic heterocycles. The number of pyridine rings is 1. The molecule has 1 fully saturated rings. The van der Waals surface area contributed by atoms with Gasteiger partial charge in [-0.1, -0.05) is 47.2 Å². The zero-order chi connectivity index (χ0) is 18.3. The van der Waals surface area contributed by atoms with Crippen molar-refractivity contribution in [2.75, 3.05) is 11.5 Å². The number of anilines is 1. The van der Waals surface area contributed by atoms with Crippen LogP contribution in [0.4, 0.5) is 5.69 Å². The molecule has 4 nitrogen and oxygen atoms in total. The van der Waals surface area contributed by atoms with Crippen LogP contribution in [-0.2, 0) is 4.79 Å². The van der Waals surface area contributed by atoms with Crippen molar-refractivity contribution in [3.05, 3.63) is 68.8 Å². The average molecular weight is 421 g/mol. The number of thioether (sulfide) groups is 1. The van der Waals surface area contributed by atoms with E-state index in [0.717, 1.165) is 11.1 Å². The second-order valence-corrected chi connectivity index (χ2v) is 8.06. The molecule has 0 aliphatic carbocycles. The third-order valence-corrected chi connectivity index (χ3v) is 5.58. The van der Waals surface area contributed by atoms with E-state index in [1.54, 1.807) is 42.7 Å². The zero-order valence-corrected chi connectivity index (χ0v) is 16.3. The lowest BCUT2D eigenvalue weighted by Crippen LogP contribution is -2.27. The number of ether oxygens (including phenoxy) is 1. The molecule has 0 saturated carbocycles. The highest BCUT2D eigenvalue weighted by Gasteiger charge is 2.33. The van der Waals surface area contributed by atoms with Gasteiger partial charge in [-0.15, -0.1) is 0 Å². The van der Waals surface area contributed by atoms with Crippen molar-refractivity contribution < 1.29 is 9.53 Å². The van der Waals surface area contributed by atoms with Gasteiger partial charge in [0.15, 0.2) is 4.32 Å². The molecule has 2 aliphatic heterocycles. The van der Waals surface area contributed by atoms with Crippen LogP contribution in [0.1, 0.15) is 5.56 Å². The van der Waals surface area contributed by atoms with E-state index >= 15 is 0 Å². The van der Waals surface area contributed by atoms with Crippen molar-refractivity contribution in [3.8, 4) is 5.75 Å². The lowest BCUT2D eigenvalue weighted by Gasteiger charge is -2.18. The molecule has 1 aromatic carbocycles. The van der Waals surface area contributed by atoms with Gasteiger partial charge in [0.25, 0.3) is 5.91 Å². The number of nitrogens with zero attached hydrogens (tertiary/aromatic N) is 2. The molecule has 1 amide bonds. The summed E-state index contributed by atoms with van der Waals surface area (Å²) in [6.07, 6.45) is 6.95. The number of halogens is 2. The Morgan fingerprint density at radius 3 is 2.96 bits per heavy atom. The molecule has 2 aromatic rings. The summed E-state index contributed by atoms with van der Waals surface area (Å²) in [4.78, 5) is 18.8. The number of amides is 1. The molecule has 0 N–H and O–H groups in total. The fourth-order valence-electron chi connectivity index (χ4n) is 2.66. The molecular formula is C18H10Cl2N2O2S2. The quantitative estimate of drug-likeness (QED) is 0.498. The summed E-state index contributed by atoms with van der Waals surface area (Å²) in [5, 5.41) is 0.989. The Hall–Kier alpha value is -1.86. The van der Waals surface area contributed by atoms with E-state index in [0.29, 0.717) is 37.3 Å². The average Bonchev–Trinajstić information content (AvgIpc) is 2.88. The Morgan fingerprint density at radius 1 is 1.35 bits per heavy atom. The molecule has 26 heavy (non-hydrogen) atoms. The maximum atomic E-state index is 12.8. The minimum absolute atomic E-state index is 0.177. The van der Waals surface area contributed by atoms with Gasteiger partial charge < -0.3 is 4.74 Å². The Balaban J connectivity index is 1.66. The fourth-order valence-corrected chi connectivity index (χ4v) is 4.54. The van der Waals surface area contributed by atoms with Crippen LogP contribution in [0.15, 0.2) is 53.2 Å². The van der Waals surface area contributed by atoms with Gasteiger partial charge in [-0.3, -0.25) is 14.7 Å². The first kappa shape index (κ1) is 17.5. The number of rotatable bonds is 2. The van der Waals surface area contributed by atoms with Crippen LogP contribution in [0.2, 0.25) is 10.0 Å². The SMILES string of the molecule is O=C1/C(=C\C2=Cc3cc(Cl)cc(Cl)c3OC2)SC(=S)N1c1cccnc1. The molecule has 8 heteroatoms. The Morgan fingerprint density at radius 2 is 2.19 bits per heavy atom. The van der Waals surface area contributed by atoms with Crippen LogP contribution in [0, 0.1) is 0 Å². The number of carbonyl (C=O) groups excluding carboxylic acids is 1. The Kier molecular flexibility index (Phi) is 4.75. The van der Waals surface area contributed by atoms with Gasteiger partial charge in [0.05, 0.1) is 21.8 Å². The molecule has 2 aliphatic rings. The smallest absolute Gasteiger partial charge is 0.270 e. The summed E-state index contributed by atoms with van der Waals surface area (Å²) in [5.41, 5.74) is 2.27. The van der Waals surface area contributed by atoms with Crippen molar-refractivity contribution in [2.45, 2.75) is 0 Å². The summed E-state index contributed by atoms with van der Waals surface area (Å²) in [5.74, 6) is 0.417. The number of thiocarbonyl (C=S) groups is 1. The molecule has 3 heterocycles. The maximum Gasteiger partial charge on any atom is 0.270 e. The van der Waals surface area contributed by atoms with Crippen molar-refractivity contribution in [1.29, 1.82) is 0 Å². The second-order valence-electron chi connectivity index (χ2n) is 5.54. The van der Waals surface area contributed by atoms with Crippen molar-refractivity contribution in [2.24, 2.45) is 0 Å². The summed E-state index contributed by atoms with van der Waals surface area (Å²) in [7, 11) is 0. The highest BCUT2D eigenvalue weighted by molar-refractivity contribution is 8.27. The highest BCUT2D eigenvalue weighted by Crippen LogP contribution is 2.39. The minimum Gasteiger partial charge on any atom is -0.487 e. The third kappa shape index (κ3) is 3.25. The lowest BCUT2D eigenvalue weighted by molar-refractivity contribution is -0.113. The summed E-state index contributed by atoms with van der Waals surface area (Å²) in [6.45, 7) is 0.311. The fraction of sp³-hybridized carbons (Fsp3) is 0.0556. The number of hydrogen-bond donors (Lipinski definition) is 0. The van der Waals surface area contributed by atoms with E-state index in [9.17, 15) is 4.79 Å². The molecule has 1 saturated heterocycles. The number of aromatic nitrogens is 1. The topological polar surface area (TPSA) is 42.4 Å². The van der Waals surface area contributed by atoms with E-state index in [1.165, 1.54) is 16.7 Å². The number of hydrogen-bond acceptors (Lipinski definition) is 5. The lowest BCUT2D eigenvalue weighted by atomic mass is 10.1. The maximum absolute atomic E-state index is 12.8. The van der Waals surface area contributed by atoms with Crippen molar-refractivity contribution in [1.82, 2.24) is 4.98 Å². The van der Waals surface area contributed by atoms with Gasteiger partial charge in [0.1, 0.15) is 12.4 Å². The van der Waals surface area contributed by atoms with Gasteiger partial charge >= 0.3 is 0 Å². The van der Waals surface area contributed by atoms with Crippen LogP contribution in [0.25, 0.3) is 6.08 Å². The molecular weight excluding hydrogens is 411 g/mol. The minimum atomic E-state index is -0.177. The van der Waals surface area contributed by atoms with Gasteiger partial charge in [0.2, 0.25) is 0 Å². The number of benzene rings is 1. The van der Waals surface area contributed by atoms with Crippen molar-refractivity contribution in [3.63, 3.8) is 0 Å². The molecule has 4 rings (SSSR count). The monoisotopic (exact) mass is 420 g/mol. The first-order valence-corrected chi connectivity index (χ1v) is 9.51. The van der Waals surface area contributed by atoms with Crippen LogP contribution < -0.4 is 9.64 Å². The van der Waals surface area contributed by atoms with Gasteiger partial charge in [0, 0.05) is 16.8 Å². The summed E-state index contributed by atoms with van der Waals surface area (Å²) >= 11 is 18.8. The Labute approximate surface area is 169 Å². The largest absolute Gasteiger partial charge is 0.487 e. The second kappa shape index (κ2) is 7.04. The zero-order valence-electron chi connectivity index (χ0n) is 13.1. The molecule has 130 valence electrons. The first-order valence-electron chi connectivity index (χ1n) is 7.53. The van der Waals surface area contributed by atoms with Crippen LogP contribution >= 0.6 is 47.2 Å². The van der Waals surface area contributed by atoms with E-state index < -0.39 is 0 Å².